The van der Waals surface area contributed by atoms with Gasteiger partial charge in [0.25, 0.3) is 0 Å². The van der Waals surface area contributed by atoms with Crippen molar-refractivity contribution in [3.63, 3.8) is 0 Å². The fourth-order valence-electron chi connectivity index (χ4n) is 2.63. The first-order valence-corrected chi connectivity index (χ1v) is 9.15. The van der Waals surface area contributed by atoms with E-state index in [1.165, 1.54) is 18.4 Å². The molecule has 0 saturated heterocycles. The van der Waals surface area contributed by atoms with Gasteiger partial charge >= 0.3 is 0 Å². The Labute approximate surface area is 162 Å². The number of hydrogen-bond donors (Lipinski definition) is 3. The first-order valence-electron chi connectivity index (χ1n) is 8.33. The third-order valence-electron chi connectivity index (χ3n) is 4.09. The molecule has 1 atom stereocenters. The number of rotatable bonds is 5. The molecule has 0 aliphatic carbocycles. The first kappa shape index (κ1) is 20.1. The number of nitrogens with zero attached hydrogens (tertiary/aromatic N) is 1. The average molecular weight is 411 g/mol. The number of hydrogen-bond acceptors (Lipinski definition) is 3. The van der Waals surface area contributed by atoms with E-state index in [0.29, 0.717) is 0 Å². The second kappa shape index (κ2) is 8.57. The lowest BCUT2D eigenvalue weighted by atomic mass is 10.2. The molecule has 9 heteroatoms. The molecule has 0 bridgehead atoms. The predicted octanol–water partition coefficient (Wildman–Crippen LogP) is 3.86. The molecule has 1 aromatic heterocycles. The topological polar surface area (TPSA) is 56.7 Å². The van der Waals surface area contributed by atoms with Gasteiger partial charge < -0.3 is 15.7 Å². The van der Waals surface area contributed by atoms with Crippen LogP contribution in [0.5, 0.6) is 0 Å². The summed E-state index contributed by atoms with van der Waals surface area (Å²) in [7, 11) is 1.42. The van der Waals surface area contributed by atoms with Crippen molar-refractivity contribution in [2.24, 2.45) is 4.99 Å². The Morgan fingerprint density at radius 3 is 2.39 bits per heavy atom. The molecule has 0 aliphatic heterocycles. The lowest BCUT2D eigenvalue weighted by molar-refractivity contribution is 0.184. The van der Waals surface area contributed by atoms with E-state index in [1.54, 1.807) is 0 Å². The zero-order valence-corrected chi connectivity index (χ0v) is 15.6. The second-order valence-electron chi connectivity index (χ2n) is 5.96. The minimum atomic E-state index is -1.47. The van der Waals surface area contributed by atoms with Gasteiger partial charge in [-0.1, -0.05) is 18.2 Å². The Hall–Kier alpha value is -2.65. The maximum absolute atomic E-state index is 13.7. The van der Waals surface area contributed by atoms with E-state index < -0.39 is 41.5 Å². The Morgan fingerprint density at radius 2 is 1.75 bits per heavy atom. The van der Waals surface area contributed by atoms with E-state index in [2.05, 4.69) is 15.6 Å². The van der Waals surface area contributed by atoms with Gasteiger partial charge in [-0.25, -0.2) is 17.6 Å². The number of nitrogens with one attached hydrogen (secondary N) is 2. The van der Waals surface area contributed by atoms with E-state index in [1.807, 2.05) is 30.3 Å². The fourth-order valence-corrected chi connectivity index (χ4v) is 3.68. The molecule has 2 aromatic carbocycles. The standard InChI is InChI=1S/C19H17F4N3OS/c1-24-19(25-8-11-17(22)12(20)7-13(21)18(11)23)26-9-14(27)16-6-10-4-2-3-5-15(10)28-16/h2-7,14,27H,8-9H2,1H3,(H2,24,25,26). The highest BCUT2D eigenvalue weighted by Gasteiger charge is 2.19. The van der Waals surface area contributed by atoms with Crippen LogP contribution in [-0.2, 0) is 6.54 Å². The minimum absolute atomic E-state index is 0.0783. The Morgan fingerprint density at radius 1 is 1.07 bits per heavy atom. The molecule has 3 N–H and O–H groups in total. The van der Waals surface area contributed by atoms with Crippen LogP contribution in [-0.4, -0.2) is 24.7 Å². The predicted molar refractivity (Wildman–Crippen MR) is 101 cm³/mol. The molecule has 0 amide bonds. The van der Waals surface area contributed by atoms with Crippen molar-refractivity contribution < 1.29 is 22.7 Å². The molecule has 0 radical (unpaired) electrons. The number of benzene rings is 2. The van der Waals surface area contributed by atoms with E-state index in [4.69, 9.17) is 0 Å². The van der Waals surface area contributed by atoms with Crippen LogP contribution in [0, 0.1) is 23.3 Å². The van der Waals surface area contributed by atoms with Crippen molar-refractivity contribution in [1.29, 1.82) is 0 Å². The zero-order valence-electron chi connectivity index (χ0n) is 14.8. The molecule has 1 unspecified atom stereocenters. The zero-order chi connectivity index (χ0) is 20.3. The van der Waals surface area contributed by atoms with Crippen molar-refractivity contribution in [2.45, 2.75) is 12.6 Å². The van der Waals surface area contributed by atoms with Crippen molar-refractivity contribution >= 4 is 27.4 Å². The van der Waals surface area contributed by atoms with Gasteiger partial charge in [0.2, 0.25) is 0 Å². The van der Waals surface area contributed by atoms with Crippen LogP contribution in [0.1, 0.15) is 16.5 Å². The molecule has 148 valence electrons. The van der Waals surface area contributed by atoms with Crippen LogP contribution < -0.4 is 10.6 Å². The monoisotopic (exact) mass is 411 g/mol. The minimum Gasteiger partial charge on any atom is -0.386 e. The normalized spacial score (nSPS) is 13.0. The summed E-state index contributed by atoms with van der Waals surface area (Å²) in [4.78, 5) is 4.61. The summed E-state index contributed by atoms with van der Waals surface area (Å²) in [6.45, 7) is -0.444. The molecule has 28 heavy (non-hydrogen) atoms. The molecule has 3 aromatic rings. The van der Waals surface area contributed by atoms with Crippen LogP contribution in [0.2, 0.25) is 0 Å². The fraction of sp³-hybridized carbons (Fsp3) is 0.211. The molecule has 0 fully saturated rings. The summed E-state index contributed by atoms with van der Waals surface area (Å²) in [6, 6.07) is 9.74. The van der Waals surface area contributed by atoms with Crippen LogP contribution in [0.15, 0.2) is 41.4 Å². The lowest BCUT2D eigenvalue weighted by Gasteiger charge is -2.15. The van der Waals surface area contributed by atoms with Crippen molar-refractivity contribution in [3.05, 3.63) is 70.1 Å². The maximum Gasteiger partial charge on any atom is 0.191 e. The van der Waals surface area contributed by atoms with Gasteiger partial charge in [-0.2, -0.15) is 0 Å². The Balaban J connectivity index is 1.62. The summed E-state index contributed by atoms with van der Waals surface area (Å²) in [5, 5.41) is 16.8. The molecule has 0 aliphatic rings. The van der Waals surface area contributed by atoms with Gasteiger partial charge in [0.05, 0.1) is 0 Å². The number of thiophene rings is 1. The summed E-state index contributed by atoms with van der Waals surface area (Å²) in [6.07, 6.45) is -0.837. The van der Waals surface area contributed by atoms with Crippen LogP contribution in [0.25, 0.3) is 10.1 Å². The summed E-state index contributed by atoms with van der Waals surface area (Å²) < 4.78 is 55.0. The smallest absolute Gasteiger partial charge is 0.191 e. The molecule has 0 spiro atoms. The number of halogens is 4. The number of aliphatic hydroxyl groups is 1. The quantitative estimate of drug-likeness (QED) is 0.259. The van der Waals surface area contributed by atoms with Gasteiger partial charge in [-0.3, -0.25) is 4.99 Å². The number of fused-ring (bicyclic) bond motifs is 1. The molecular formula is C19H17F4N3OS. The van der Waals surface area contributed by atoms with Gasteiger partial charge in [0, 0.05) is 41.3 Å². The molecule has 0 saturated carbocycles. The van der Waals surface area contributed by atoms with E-state index in [9.17, 15) is 22.7 Å². The largest absolute Gasteiger partial charge is 0.386 e. The lowest BCUT2D eigenvalue weighted by Crippen LogP contribution is -2.39. The van der Waals surface area contributed by atoms with Gasteiger partial charge in [0.15, 0.2) is 29.2 Å². The molecule has 1 heterocycles. The number of aliphatic imine (C=N–C) groups is 1. The second-order valence-corrected chi connectivity index (χ2v) is 7.07. The summed E-state index contributed by atoms with van der Waals surface area (Å²) >= 11 is 1.45. The van der Waals surface area contributed by atoms with Crippen molar-refractivity contribution in [1.82, 2.24) is 10.6 Å². The maximum atomic E-state index is 13.7. The van der Waals surface area contributed by atoms with E-state index >= 15 is 0 Å². The summed E-state index contributed by atoms with van der Waals surface area (Å²) in [5.74, 6) is -5.76. The third kappa shape index (κ3) is 4.26. The highest BCUT2D eigenvalue weighted by atomic mass is 32.1. The molecular weight excluding hydrogens is 394 g/mol. The van der Waals surface area contributed by atoms with Crippen LogP contribution >= 0.6 is 11.3 Å². The SMILES string of the molecule is CN=C(NCc1c(F)c(F)cc(F)c1F)NCC(O)c1cc2ccccc2s1. The van der Waals surface area contributed by atoms with Gasteiger partial charge in [0.1, 0.15) is 6.10 Å². The Bertz CT molecular complexity index is 963. The van der Waals surface area contributed by atoms with Crippen LogP contribution in [0.3, 0.4) is 0 Å². The number of aliphatic hydroxyl groups excluding tert-OH is 1. The van der Waals surface area contributed by atoms with E-state index in [-0.39, 0.29) is 18.6 Å². The highest BCUT2D eigenvalue weighted by Crippen LogP contribution is 2.29. The summed E-state index contributed by atoms with van der Waals surface area (Å²) in [5.41, 5.74) is -0.773. The molecule has 4 nitrogen and oxygen atoms in total. The van der Waals surface area contributed by atoms with E-state index in [0.717, 1.165) is 15.0 Å². The number of guanidine groups is 1. The average Bonchev–Trinajstić information content (AvgIpc) is 3.12. The first-order chi connectivity index (χ1) is 13.4. The van der Waals surface area contributed by atoms with Gasteiger partial charge in [-0.15, -0.1) is 11.3 Å². The molecule has 3 rings (SSSR count). The van der Waals surface area contributed by atoms with Crippen molar-refractivity contribution in [2.75, 3.05) is 13.6 Å². The highest BCUT2D eigenvalue weighted by molar-refractivity contribution is 7.19. The third-order valence-corrected chi connectivity index (χ3v) is 5.31. The van der Waals surface area contributed by atoms with Gasteiger partial charge in [-0.05, 0) is 17.5 Å². The van der Waals surface area contributed by atoms with Crippen LogP contribution in [0.4, 0.5) is 17.6 Å². The van der Waals surface area contributed by atoms with Crippen molar-refractivity contribution in [3.8, 4) is 0 Å². The Kier molecular flexibility index (Phi) is 6.15.